The van der Waals surface area contributed by atoms with E-state index in [4.69, 9.17) is 16.3 Å². The average Bonchev–Trinajstić information content (AvgIpc) is 2.99. The number of fused-ring (bicyclic) bond motifs is 2. The highest BCUT2D eigenvalue weighted by Crippen LogP contribution is 2.25. The number of benzene rings is 1. The number of carboxylic acids is 1. The fraction of sp³-hybridized carbons (Fsp3) is 0.105. The smallest absolute Gasteiger partial charge is 0.339 e. The summed E-state index contributed by atoms with van der Waals surface area (Å²) < 4.78 is 6.98. The van der Waals surface area contributed by atoms with Crippen LogP contribution in [0.5, 0.6) is 5.88 Å². The van der Waals surface area contributed by atoms with Crippen molar-refractivity contribution >= 4 is 39.5 Å². The number of rotatable bonds is 4. The van der Waals surface area contributed by atoms with Crippen molar-refractivity contribution in [3.63, 3.8) is 0 Å². The van der Waals surface area contributed by atoms with E-state index in [9.17, 15) is 9.90 Å². The summed E-state index contributed by atoms with van der Waals surface area (Å²) in [6.45, 7) is 0.500. The molecule has 6 nitrogen and oxygen atoms in total. The molecule has 0 aliphatic rings. The summed E-state index contributed by atoms with van der Waals surface area (Å²) in [6, 6.07) is 11.3. The molecule has 0 unspecified atom stereocenters. The zero-order chi connectivity index (χ0) is 18.3. The molecule has 0 fully saturated rings. The van der Waals surface area contributed by atoms with Crippen molar-refractivity contribution in [3.8, 4) is 5.88 Å². The molecule has 3 aromatic heterocycles. The molecule has 26 heavy (non-hydrogen) atoms. The van der Waals surface area contributed by atoms with E-state index < -0.39 is 5.97 Å². The number of pyridine rings is 2. The zero-order valence-electron chi connectivity index (χ0n) is 13.8. The number of carbonyl (C=O) groups is 1. The van der Waals surface area contributed by atoms with Crippen LogP contribution in [0.15, 0.2) is 48.8 Å². The fourth-order valence-electron chi connectivity index (χ4n) is 3.00. The van der Waals surface area contributed by atoms with Gasteiger partial charge in [0, 0.05) is 30.4 Å². The summed E-state index contributed by atoms with van der Waals surface area (Å²) in [7, 11) is 1.50. The molecular weight excluding hydrogens is 354 g/mol. The predicted octanol–water partition coefficient (Wildman–Crippen LogP) is 3.99. The van der Waals surface area contributed by atoms with Gasteiger partial charge in [0.15, 0.2) is 0 Å². The van der Waals surface area contributed by atoms with Crippen LogP contribution in [0.25, 0.3) is 21.9 Å². The number of ether oxygens (including phenoxy) is 1. The first kappa shape index (κ1) is 16.4. The molecule has 0 amide bonds. The first-order chi connectivity index (χ1) is 12.5. The predicted molar refractivity (Wildman–Crippen MR) is 99.1 cm³/mol. The lowest BCUT2D eigenvalue weighted by Gasteiger charge is -2.07. The Morgan fingerprint density at radius 2 is 2.12 bits per heavy atom. The van der Waals surface area contributed by atoms with Crippen molar-refractivity contribution in [3.05, 3.63) is 64.9 Å². The van der Waals surface area contributed by atoms with Crippen molar-refractivity contribution < 1.29 is 14.6 Å². The van der Waals surface area contributed by atoms with Crippen LogP contribution in [-0.2, 0) is 6.54 Å². The monoisotopic (exact) mass is 367 g/mol. The van der Waals surface area contributed by atoms with Crippen molar-refractivity contribution in [1.82, 2.24) is 14.5 Å². The third-order valence-corrected chi connectivity index (χ3v) is 4.41. The maximum absolute atomic E-state index is 11.6. The Kier molecular flexibility index (Phi) is 3.97. The molecule has 7 heteroatoms. The van der Waals surface area contributed by atoms with Gasteiger partial charge in [-0.25, -0.2) is 9.78 Å². The highest BCUT2D eigenvalue weighted by atomic mass is 35.5. The van der Waals surface area contributed by atoms with Gasteiger partial charge < -0.3 is 14.4 Å². The molecule has 130 valence electrons. The maximum atomic E-state index is 11.6. The molecule has 0 bridgehead atoms. The average molecular weight is 368 g/mol. The molecule has 4 aromatic rings. The zero-order valence-corrected chi connectivity index (χ0v) is 14.6. The van der Waals surface area contributed by atoms with Gasteiger partial charge in [-0.15, -0.1) is 0 Å². The number of hydrogen-bond donors (Lipinski definition) is 1. The molecule has 4 rings (SSSR count). The quantitative estimate of drug-likeness (QED) is 0.590. The van der Waals surface area contributed by atoms with E-state index in [1.54, 1.807) is 18.5 Å². The Hall–Kier alpha value is -3.12. The minimum absolute atomic E-state index is 0.143. The summed E-state index contributed by atoms with van der Waals surface area (Å²) in [6.07, 6.45) is 3.21. The van der Waals surface area contributed by atoms with E-state index in [2.05, 4.69) is 9.97 Å². The number of methoxy groups -OCH3 is 1. The van der Waals surface area contributed by atoms with E-state index in [1.165, 1.54) is 7.11 Å². The van der Waals surface area contributed by atoms with Crippen LogP contribution < -0.4 is 4.74 Å². The van der Waals surface area contributed by atoms with E-state index in [-0.39, 0.29) is 5.56 Å². The first-order valence-corrected chi connectivity index (χ1v) is 8.24. The lowest BCUT2D eigenvalue weighted by atomic mass is 10.1. The first-order valence-electron chi connectivity index (χ1n) is 7.86. The van der Waals surface area contributed by atoms with E-state index in [0.717, 1.165) is 22.0 Å². The number of hydrogen-bond acceptors (Lipinski definition) is 4. The molecular formula is C19H14ClN3O3. The number of halogens is 1. The summed E-state index contributed by atoms with van der Waals surface area (Å²) >= 11 is 6.02. The number of aromatic nitrogens is 3. The number of nitrogens with zero attached hydrogens (tertiary/aromatic N) is 3. The van der Waals surface area contributed by atoms with Gasteiger partial charge in [0.25, 0.3) is 0 Å². The molecule has 0 saturated carbocycles. The van der Waals surface area contributed by atoms with Crippen molar-refractivity contribution in [2.45, 2.75) is 6.54 Å². The minimum Gasteiger partial charge on any atom is -0.481 e. The molecule has 0 aliphatic heterocycles. The maximum Gasteiger partial charge on any atom is 0.339 e. The van der Waals surface area contributed by atoms with E-state index >= 15 is 0 Å². The van der Waals surface area contributed by atoms with Gasteiger partial charge in [0.1, 0.15) is 11.1 Å². The van der Waals surface area contributed by atoms with Gasteiger partial charge in [0.05, 0.1) is 23.2 Å². The molecule has 0 aliphatic carbocycles. The molecule has 1 N–H and O–H groups in total. The van der Waals surface area contributed by atoms with Gasteiger partial charge in [-0.1, -0.05) is 17.7 Å². The summed E-state index contributed by atoms with van der Waals surface area (Å²) in [5.41, 5.74) is 3.14. The summed E-state index contributed by atoms with van der Waals surface area (Å²) in [5.74, 6) is -0.645. The highest BCUT2D eigenvalue weighted by Gasteiger charge is 2.16. The van der Waals surface area contributed by atoms with Gasteiger partial charge in [-0.2, -0.15) is 0 Å². The van der Waals surface area contributed by atoms with Gasteiger partial charge in [0.2, 0.25) is 5.88 Å². The Labute approximate surface area is 153 Å². The van der Waals surface area contributed by atoms with Crippen molar-refractivity contribution in [2.24, 2.45) is 0 Å². The minimum atomic E-state index is -1.02. The standard InChI is InChI=1S/C19H14ClN3O3/c1-26-17-5-4-16-18(22-17)14(19(24)25)10-23(16)9-11-2-3-15-12(6-11)7-13(20)8-21-15/h2-8,10H,9H2,1H3,(H,24,25). The van der Waals surface area contributed by atoms with Gasteiger partial charge >= 0.3 is 5.97 Å². The second-order valence-electron chi connectivity index (χ2n) is 5.88. The van der Waals surface area contributed by atoms with Gasteiger partial charge in [-0.3, -0.25) is 4.98 Å². The van der Waals surface area contributed by atoms with E-state index in [1.807, 2.05) is 34.9 Å². The Morgan fingerprint density at radius 3 is 2.88 bits per heavy atom. The van der Waals surface area contributed by atoms with Crippen LogP contribution in [0.4, 0.5) is 0 Å². The summed E-state index contributed by atoms with van der Waals surface area (Å²) in [5, 5.41) is 11.0. The Bertz CT molecular complexity index is 1150. The fourth-order valence-corrected chi connectivity index (χ4v) is 3.17. The molecule has 0 saturated heterocycles. The third-order valence-electron chi connectivity index (χ3n) is 4.20. The van der Waals surface area contributed by atoms with Crippen LogP contribution in [0.2, 0.25) is 5.02 Å². The molecule has 0 radical (unpaired) electrons. The lowest BCUT2D eigenvalue weighted by molar-refractivity contribution is 0.0698. The SMILES string of the molecule is COc1ccc2c(n1)c(C(=O)O)cn2Cc1ccc2ncc(Cl)cc2c1. The largest absolute Gasteiger partial charge is 0.481 e. The van der Waals surface area contributed by atoms with Crippen molar-refractivity contribution in [2.75, 3.05) is 7.11 Å². The van der Waals surface area contributed by atoms with Crippen LogP contribution in [0.1, 0.15) is 15.9 Å². The van der Waals surface area contributed by atoms with E-state index in [0.29, 0.717) is 23.0 Å². The van der Waals surface area contributed by atoms with Crippen LogP contribution in [-0.4, -0.2) is 32.7 Å². The normalized spacial score (nSPS) is 11.2. The third kappa shape index (κ3) is 2.84. The van der Waals surface area contributed by atoms with Crippen LogP contribution >= 0.6 is 11.6 Å². The highest BCUT2D eigenvalue weighted by molar-refractivity contribution is 6.31. The molecule has 0 atom stereocenters. The summed E-state index contributed by atoms with van der Waals surface area (Å²) in [4.78, 5) is 20.1. The van der Waals surface area contributed by atoms with Gasteiger partial charge in [-0.05, 0) is 29.8 Å². The number of carboxylic acid groups (broad SMARTS) is 1. The van der Waals surface area contributed by atoms with Crippen molar-refractivity contribution in [1.29, 1.82) is 0 Å². The Balaban J connectivity index is 1.80. The molecule has 1 aromatic carbocycles. The second kappa shape index (κ2) is 6.31. The number of aromatic carboxylic acids is 1. The Morgan fingerprint density at radius 1 is 1.27 bits per heavy atom. The second-order valence-corrected chi connectivity index (χ2v) is 6.31. The molecule has 0 spiro atoms. The van der Waals surface area contributed by atoms with Crippen LogP contribution in [0.3, 0.4) is 0 Å². The molecule has 3 heterocycles. The lowest BCUT2D eigenvalue weighted by Crippen LogP contribution is -1.99. The topological polar surface area (TPSA) is 77.2 Å². The van der Waals surface area contributed by atoms with Crippen LogP contribution in [0, 0.1) is 0 Å².